The van der Waals surface area contributed by atoms with Crippen LogP contribution in [0.1, 0.15) is 19.4 Å². The summed E-state index contributed by atoms with van der Waals surface area (Å²) in [7, 11) is 0. The zero-order valence-corrected chi connectivity index (χ0v) is 21.0. The van der Waals surface area contributed by atoms with E-state index in [0.29, 0.717) is 17.0 Å². The lowest BCUT2D eigenvalue weighted by molar-refractivity contribution is -0.118. The Hall–Kier alpha value is -4.92. The first-order valence-corrected chi connectivity index (χ1v) is 12.2. The number of H-pyrrole nitrogens is 2. The molecule has 1 amide bonds. The van der Waals surface area contributed by atoms with Gasteiger partial charge in [-0.25, -0.2) is 9.37 Å². The highest BCUT2D eigenvalue weighted by atomic mass is 19.1. The molecular formula is C29H24FN7O. The summed E-state index contributed by atoms with van der Waals surface area (Å²) in [5, 5.41) is 12.2. The first-order valence-electron chi connectivity index (χ1n) is 12.2. The Labute approximate surface area is 217 Å². The second-order valence-corrected chi connectivity index (χ2v) is 9.65. The van der Waals surface area contributed by atoms with Gasteiger partial charge in [0.1, 0.15) is 11.5 Å². The fourth-order valence-electron chi connectivity index (χ4n) is 4.52. The second-order valence-electron chi connectivity index (χ2n) is 9.65. The molecule has 0 unspecified atom stereocenters. The predicted molar refractivity (Wildman–Crippen MR) is 146 cm³/mol. The second kappa shape index (κ2) is 9.19. The number of pyridine rings is 3. The molecule has 0 saturated heterocycles. The Morgan fingerprint density at radius 2 is 1.71 bits per heavy atom. The van der Waals surface area contributed by atoms with E-state index in [1.165, 1.54) is 12.1 Å². The minimum atomic E-state index is -0.285. The van der Waals surface area contributed by atoms with Crippen molar-refractivity contribution in [2.75, 3.05) is 5.32 Å². The molecule has 0 fully saturated rings. The van der Waals surface area contributed by atoms with E-state index < -0.39 is 0 Å². The number of anilines is 1. The SMILES string of the molecule is Cc1cc(F)cc(-c2cncc3[nH]c(-c4n[nH]c5ncc(-c6cncc(NC(=O)C(C)C)c6)cc45)cc23)c1. The number of aromatic nitrogens is 6. The van der Waals surface area contributed by atoms with Crippen molar-refractivity contribution in [3.63, 3.8) is 0 Å². The molecular weight excluding hydrogens is 481 g/mol. The van der Waals surface area contributed by atoms with Gasteiger partial charge in [0.15, 0.2) is 5.65 Å². The van der Waals surface area contributed by atoms with Gasteiger partial charge in [-0.1, -0.05) is 19.9 Å². The van der Waals surface area contributed by atoms with Crippen molar-refractivity contribution in [2.45, 2.75) is 20.8 Å². The van der Waals surface area contributed by atoms with Crippen molar-refractivity contribution in [1.29, 1.82) is 0 Å². The van der Waals surface area contributed by atoms with Crippen LogP contribution >= 0.6 is 0 Å². The zero-order valence-electron chi connectivity index (χ0n) is 21.0. The number of hydrogen-bond donors (Lipinski definition) is 3. The van der Waals surface area contributed by atoms with Crippen LogP contribution in [0, 0.1) is 18.7 Å². The summed E-state index contributed by atoms with van der Waals surface area (Å²) in [5.41, 5.74) is 7.64. The first-order chi connectivity index (χ1) is 18.4. The van der Waals surface area contributed by atoms with Crippen LogP contribution in [0.5, 0.6) is 0 Å². The number of nitrogens with one attached hydrogen (secondary N) is 3. The van der Waals surface area contributed by atoms with Crippen LogP contribution < -0.4 is 5.32 Å². The number of rotatable bonds is 5. The number of fused-ring (bicyclic) bond motifs is 2. The number of halogens is 1. The van der Waals surface area contributed by atoms with Crippen molar-refractivity contribution >= 4 is 33.5 Å². The van der Waals surface area contributed by atoms with Gasteiger partial charge in [0.05, 0.1) is 29.3 Å². The van der Waals surface area contributed by atoms with Crippen LogP contribution in [0.25, 0.3) is 55.6 Å². The van der Waals surface area contributed by atoms with E-state index in [0.717, 1.165) is 49.8 Å². The molecule has 9 heteroatoms. The summed E-state index contributed by atoms with van der Waals surface area (Å²) in [5.74, 6) is -0.496. The Bertz CT molecular complexity index is 1820. The van der Waals surface area contributed by atoms with Crippen molar-refractivity contribution in [3.8, 4) is 33.6 Å². The van der Waals surface area contributed by atoms with Gasteiger partial charge < -0.3 is 10.3 Å². The molecule has 6 rings (SSSR count). The molecule has 6 aromatic rings. The fraction of sp³-hybridized carbons (Fsp3) is 0.138. The molecule has 0 aliphatic heterocycles. The summed E-state index contributed by atoms with van der Waals surface area (Å²) in [6.07, 6.45) is 8.59. The van der Waals surface area contributed by atoms with Crippen LogP contribution in [0.3, 0.4) is 0 Å². The molecule has 0 aliphatic rings. The maximum absolute atomic E-state index is 14.1. The average Bonchev–Trinajstić information content (AvgIpc) is 3.51. The summed E-state index contributed by atoms with van der Waals surface area (Å²) < 4.78 is 14.1. The van der Waals surface area contributed by atoms with Gasteiger partial charge >= 0.3 is 0 Å². The number of amides is 1. The van der Waals surface area contributed by atoms with Gasteiger partial charge in [-0.3, -0.25) is 19.9 Å². The smallest absolute Gasteiger partial charge is 0.226 e. The third-order valence-electron chi connectivity index (χ3n) is 6.43. The van der Waals surface area contributed by atoms with E-state index >= 15 is 0 Å². The molecule has 0 saturated carbocycles. The van der Waals surface area contributed by atoms with Gasteiger partial charge in [-0.2, -0.15) is 5.10 Å². The van der Waals surface area contributed by atoms with Crippen LogP contribution in [-0.4, -0.2) is 36.0 Å². The molecule has 0 radical (unpaired) electrons. The Kier molecular flexibility index (Phi) is 5.68. The highest BCUT2D eigenvalue weighted by Gasteiger charge is 2.16. The standard InChI is InChI=1S/C29H24FN7O/c1-15(2)29(38)34-21-7-18(10-31-12-21)19-8-23-27(36-37-28(23)33-11-19)25-9-22-24(13-32-14-26(22)35-25)17-4-16(3)5-20(30)6-17/h4-15,35H,1-3H3,(H,34,38)(H,33,36,37). The number of benzene rings is 1. The van der Waals surface area contributed by atoms with E-state index in [4.69, 9.17) is 0 Å². The van der Waals surface area contributed by atoms with Crippen LogP contribution in [0.4, 0.5) is 10.1 Å². The summed E-state index contributed by atoms with van der Waals surface area (Å²) in [6, 6.07) is 10.8. The quantitative estimate of drug-likeness (QED) is 0.256. The Morgan fingerprint density at radius 1 is 0.895 bits per heavy atom. The van der Waals surface area contributed by atoms with E-state index in [2.05, 4.69) is 35.5 Å². The topological polar surface area (TPSA) is 112 Å². The fourth-order valence-corrected chi connectivity index (χ4v) is 4.52. The summed E-state index contributed by atoms with van der Waals surface area (Å²) in [6.45, 7) is 5.55. The molecule has 3 N–H and O–H groups in total. The highest BCUT2D eigenvalue weighted by Crippen LogP contribution is 2.35. The minimum absolute atomic E-state index is 0.0734. The molecule has 0 atom stereocenters. The Morgan fingerprint density at radius 3 is 2.53 bits per heavy atom. The number of aryl methyl sites for hydroxylation is 1. The van der Waals surface area contributed by atoms with Gasteiger partial charge in [0.25, 0.3) is 0 Å². The van der Waals surface area contributed by atoms with Gasteiger partial charge in [0.2, 0.25) is 5.91 Å². The summed E-state index contributed by atoms with van der Waals surface area (Å²) in [4.78, 5) is 28.8. The van der Waals surface area contributed by atoms with E-state index in [-0.39, 0.29) is 17.6 Å². The van der Waals surface area contributed by atoms with Crippen LogP contribution in [-0.2, 0) is 4.79 Å². The van der Waals surface area contributed by atoms with E-state index in [9.17, 15) is 9.18 Å². The molecule has 8 nitrogen and oxygen atoms in total. The number of hydrogen-bond acceptors (Lipinski definition) is 5. The summed E-state index contributed by atoms with van der Waals surface area (Å²) >= 11 is 0. The minimum Gasteiger partial charge on any atom is -0.352 e. The first kappa shape index (κ1) is 23.5. The average molecular weight is 506 g/mol. The number of carbonyl (C=O) groups excluding carboxylic acids is 1. The van der Waals surface area contributed by atoms with Gasteiger partial charge in [-0.15, -0.1) is 0 Å². The zero-order chi connectivity index (χ0) is 26.4. The molecule has 0 aliphatic carbocycles. The van der Waals surface area contributed by atoms with E-state index in [1.54, 1.807) is 31.0 Å². The Balaban J connectivity index is 1.42. The molecule has 38 heavy (non-hydrogen) atoms. The van der Waals surface area contributed by atoms with Crippen LogP contribution in [0.15, 0.2) is 67.4 Å². The van der Waals surface area contributed by atoms with Crippen molar-refractivity contribution < 1.29 is 9.18 Å². The molecule has 0 bridgehead atoms. The molecule has 1 aromatic carbocycles. The largest absolute Gasteiger partial charge is 0.352 e. The molecule has 0 spiro atoms. The van der Waals surface area contributed by atoms with Crippen molar-refractivity contribution in [1.82, 2.24) is 30.1 Å². The van der Waals surface area contributed by atoms with Crippen molar-refractivity contribution in [2.24, 2.45) is 5.92 Å². The number of carbonyl (C=O) groups is 1. The van der Waals surface area contributed by atoms with Gasteiger partial charge in [-0.05, 0) is 48.4 Å². The number of nitrogens with zero attached hydrogens (tertiary/aromatic N) is 4. The predicted octanol–water partition coefficient (Wildman–Crippen LogP) is 6.27. The van der Waals surface area contributed by atoms with Crippen LogP contribution in [0.2, 0.25) is 0 Å². The molecule has 5 aromatic heterocycles. The highest BCUT2D eigenvalue weighted by molar-refractivity contribution is 6.01. The molecule has 5 heterocycles. The van der Waals surface area contributed by atoms with Gasteiger partial charge in [0, 0.05) is 52.0 Å². The third kappa shape index (κ3) is 4.28. The lowest BCUT2D eigenvalue weighted by atomic mass is 10.0. The number of aromatic amines is 2. The lowest BCUT2D eigenvalue weighted by Crippen LogP contribution is -2.17. The lowest BCUT2D eigenvalue weighted by Gasteiger charge is -2.09. The monoisotopic (exact) mass is 505 g/mol. The third-order valence-corrected chi connectivity index (χ3v) is 6.43. The maximum atomic E-state index is 14.1. The van der Waals surface area contributed by atoms with Crippen molar-refractivity contribution in [3.05, 3.63) is 78.8 Å². The van der Waals surface area contributed by atoms with E-state index in [1.807, 2.05) is 45.0 Å². The normalized spacial score (nSPS) is 11.5. The maximum Gasteiger partial charge on any atom is 0.226 e. The molecule has 188 valence electrons.